The van der Waals surface area contributed by atoms with Gasteiger partial charge in [-0.05, 0) is 19.1 Å². The fourth-order valence-corrected chi connectivity index (χ4v) is 2.15. The lowest BCUT2D eigenvalue weighted by Gasteiger charge is -2.29. The molecule has 1 aromatic carbocycles. The van der Waals surface area contributed by atoms with Gasteiger partial charge in [-0.1, -0.05) is 6.07 Å². The summed E-state index contributed by atoms with van der Waals surface area (Å²) >= 11 is 0. The van der Waals surface area contributed by atoms with Gasteiger partial charge in [-0.2, -0.15) is 0 Å². The highest BCUT2D eigenvalue weighted by Gasteiger charge is 2.24. The Labute approximate surface area is 125 Å². The Morgan fingerprint density at radius 3 is 2.57 bits per heavy atom. The van der Waals surface area contributed by atoms with Gasteiger partial charge in [-0.25, -0.2) is 0 Å². The van der Waals surface area contributed by atoms with E-state index in [1.807, 2.05) is 6.92 Å². The van der Waals surface area contributed by atoms with Crippen molar-refractivity contribution < 1.29 is 19.0 Å². The maximum Gasteiger partial charge on any atom is 0.258 e. The van der Waals surface area contributed by atoms with Gasteiger partial charge >= 0.3 is 0 Å². The smallest absolute Gasteiger partial charge is 0.258 e. The van der Waals surface area contributed by atoms with Gasteiger partial charge in [0.25, 0.3) is 5.91 Å². The second-order valence-corrected chi connectivity index (χ2v) is 4.72. The maximum atomic E-state index is 12.8. The molecule has 1 rings (SSSR count). The molecule has 0 fully saturated rings. The van der Waals surface area contributed by atoms with E-state index in [0.29, 0.717) is 36.8 Å². The van der Waals surface area contributed by atoms with Gasteiger partial charge in [-0.3, -0.25) is 4.79 Å². The largest absolute Gasteiger partial charge is 0.494 e. The third-order valence-electron chi connectivity index (χ3n) is 3.22. The highest BCUT2D eigenvalue weighted by atomic mass is 16.5. The highest BCUT2D eigenvalue weighted by Crippen LogP contribution is 2.27. The summed E-state index contributed by atoms with van der Waals surface area (Å²) in [5, 5.41) is 0. The van der Waals surface area contributed by atoms with Crippen molar-refractivity contribution in [2.75, 3.05) is 46.8 Å². The van der Waals surface area contributed by atoms with Crippen LogP contribution in [0.3, 0.4) is 0 Å². The Hall–Kier alpha value is -1.79. The van der Waals surface area contributed by atoms with Crippen LogP contribution < -0.4 is 10.5 Å². The van der Waals surface area contributed by atoms with Crippen LogP contribution in [0, 0.1) is 0 Å². The molecule has 1 unspecified atom stereocenters. The fraction of sp³-hybridized carbons (Fsp3) is 0.533. The first-order chi connectivity index (χ1) is 10.1. The molecule has 1 amide bonds. The van der Waals surface area contributed by atoms with Gasteiger partial charge in [0.05, 0.1) is 37.6 Å². The number of hydrogen-bond acceptors (Lipinski definition) is 5. The molecule has 6 nitrogen and oxygen atoms in total. The van der Waals surface area contributed by atoms with Crippen molar-refractivity contribution in [3.05, 3.63) is 23.8 Å². The van der Waals surface area contributed by atoms with Crippen molar-refractivity contribution >= 4 is 11.6 Å². The van der Waals surface area contributed by atoms with E-state index in [1.54, 1.807) is 37.3 Å². The van der Waals surface area contributed by atoms with E-state index in [-0.39, 0.29) is 11.9 Å². The molecule has 0 aliphatic rings. The van der Waals surface area contributed by atoms with E-state index in [1.165, 1.54) is 7.11 Å². The number of benzene rings is 1. The second kappa shape index (κ2) is 8.49. The minimum atomic E-state index is -0.152. The molecule has 0 saturated heterocycles. The topological polar surface area (TPSA) is 74.0 Å². The van der Waals surface area contributed by atoms with Gasteiger partial charge in [-0.15, -0.1) is 0 Å². The van der Waals surface area contributed by atoms with Crippen molar-refractivity contribution in [2.24, 2.45) is 0 Å². The van der Waals surface area contributed by atoms with Gasteiger partial charge in [0.15, 0.2) is 5.75 Å². The van der Waals surface area contributed by atoms with Crippen LogP contribution in [0.2, 0.25) is 0 Å². The SMILES string of the molecule is COCCN(C(=O)c1cccc(N)c1OC)C(C)COC. The number of rotatable bonds is 8. The normalized spacial score (nSPS) is 12.0. The quantitative estimate of drug-likeness (QED) is 0.734. The number of nitrogen functional groups attached to an aromatic ring is 1. The maximum absolute atomic E-state index is 12.8. The van der Waals surface area contributed by atoms with Crippen LogP contribution in [0.1, 0.15) is 17.3 Å². The number of para-hydroxylation sites is 1. The Kier molecular flexibility index (Phi) is 6.98. The number of ether oxygens (including phenoxy) is 3. The first-order valence-electron chi connectivity index (χ1n) is 6.78. The predicted molar refractivity (Wildman–Crippen MR) is 81.7 cm³/mol. The zero-order chi connectivity index (χ0) is 15.8. The van der Waals surface area contributed by atoms with Gasteiger partial charge < -0.3 is 24.8 Å². The zero-order valence-electron chi connectivity index (χ0n) is 13.1. The number of nitrogens with zero attached hydrogens (tertiary/aromatic N) is 1. The van der Waals surface area contributed by atoms with Crippen LogP contribution in [-0.4, -0.2) is 57.9 Å². The minimum Gasteiger partial charge on any atom is -0.494 e. The van der Waals surface area contributed by atoms with E-state index in [4.69, 9.17) is 19.9 Å². The number of hydrogen-bond donors (Lipinski definition) is 1. The number of carbonyl (C=O) groups is 1. The fourth-order valence-electron chi connectivity index (χ4n) is 2.15. The van der Waals surface area contributed by atoms with Gasteiger partial charge in [0, 0.05) is 20.8 Å². The molecule has 0 aromatic heterocycles. The van der Waals surface area contributed by atoms with Crippen LogP contribution in [0.25, 0.3) is 0 Å². The summed E-state index contributed by atoms with van der Waals surface area (Å²) < 4.78 is 15.5. The van der Waals surface area contributed by atoms with Gasteiger partial charge in [0.2, 0.25) is 0 Å². The van der Waals surface area contributed by atoms with Crippen molar-refractivity contribution in [2.45, 2.75) is 13.0 Å². The number of nitrogens with two attached hydrogens (primary N) is 1. The van der Waals surface area contributed by atoms with Crippen molar-refractivity contribution in [3.8, 4) is 5.75 Å². The van der Waals surface area contributed by atoms with Crippen LogP contribution in [0.5, 0.6) is 5.75 Å². The lowest BCUT2D eigenvalue weighted by Crippen LogP contribution is -2.43. The Morgan fingerprint density at radius 1 is 1.29 bits per heavy atom. The summed E-state index contributed by atoms with van der Waals surface area (Å²) in [5.41, 5.74) is 6.74. The molecular weight excluding hydrogens is 272 g/mol. The molecule has 1 atom stereocenters. The van der Waals surface area contributed by atoms with Gasteiger partial charge in [0.1, 0.15) is 0 Å². The molecule has 6 heteroatoms. The number of anilines is 1. The first kappa shape index (κ1) is 17.3. The minimum absolute atomic E-state index is 0.0798. The zero-order valence-corrected chi connectivity index (χ0v) is 13.1. The molecule has 2 N–H and O–H groups in total. The molecule has 118 valence electrons. The number of amides is 1. The average Bonchev–Trinajstić information content (AvgIpc) is 2.47. The van der Waals surface area contributed by atoms with E-state index in [2.05, 4.69) is 0 Å². The van der Waals surface area contributed by atoms with E-state index in [0.717, 1.165) is 0 Å². The van der Waals surface area contributed by atoms with Crippen molar-refractivity contribution in [1.29, 1.82) is 0 Å². The van der Waals surface area contributed by atoms with Crippen molar-refractivity contribution in [1.82, 2.24) is 4.90 Å². The van der Waals surface area contributed by atoms with Crippen molar-refractivity contribution in [3.63, 3.8) is 0 Å². The summed E-state index contributed by atoms with van der Waals surface area (Å²) in [6, 6.07) is 5.06. The molecule has 0 spiro atoms. The van der Waals surface area contributed by atoms with Crippen LogP contribution in [0.15, 0.2) is 18.2 Å². The molecule has 0 aliphatic heterocycles. The number of methoxy groups -OCH3 is 3. The summed E-state index contributed by atoms with van der Waals surface area (Å²) in [5.74, 6) is 0.246. The molecule has 0 radical (unpaired) electrons. The molecule has 1 aromatic rings. The Bertz CT molecular complexity index is 465. The van der Waals surface area contributed by atoms with E-state index in [9.17, 15) is 4.79 Å². The predicted octanol–water partition coefficient (Wildman–Crippen LogP) is 1.40. The second-order valence-electron chi connectivity index (χ2n) is 4.72. The molecule has 21 heavy (non-hydrogen) atoms. The van der Waals surface area contributed by atoms with E-state index < -0.39 is 0 Å². The highest BCUT2D eigenvalue weighted by molar-refractivity contribution is 5.98. The molecule has 0 aliphatic carbocycles. The lowest BCUT2D eigenvalue weighted by atomic mass is 10.1. The lowest BCUT2D eigenvalue weighted by molar-refractivity contribution is 0.0477. The average molecular weight is 296 g/mol. The van der Waals surface area contributed by atoms with Crippen LogP contribution in [0.4, 0.5) is 5.69 Å². The van der Waals surface area contributed by atoms with Crippen LogP contribution in [-0.2, 0) is 9.47 Å². The van der Waals surface area contributed by atoms with E-state index >= 15 is 0 Å². The molecule has 0 bridgehead atoms. The molecule has 0 saturated carbocycles. The Balaban J connectivity index is 3.07. The summed E-state index contributed by atoms with van der Waals surface area (Å²) in [6.45, 7) is 3.29. The summed E-state index contributed by atoms with van der Waals surface area (Å²) in [6.07, 6.45) is 0. The standard InChI is InChI=1S/C15H24N2O4/c1-11(10-20-3)17(8-9-19-2)15(18)12-6-5-7-13(16)14(12)21-4/h5-7,11H,8-10,16H2,1-4H3. The third-order valence-corrected chi connectivity index (χ3v) is 3.22. The molecular formula is C15H24N2O4. The summed E-state index contributed by atoms with van der Waals surface area (Å²) in [4.78, 5) is 14.5. The molecule has 0 heterocycles. The number of carbonyl (C=O) groups excluding carboxylic acids is 1. The third kappa shape index (κ3) is 4.34. The Morgan fingerprint density at radius 2 is 2.00 bits per heavy atom. The summed E-state index contributed by atoms with van der Waals surface area (Å²) in [7, 11) is 4.71. The monoisotopic (exact) mass is 296 g/mol. The van der Waals surface area contributed by atoms with Crippen LogP contribution >= 0.6 is 0 Å². The first-order valence-corrected chi connectivity index (χ1v) is 6.78.